The molecule has 10 heteroatoms. The molecule has 0 fully saturated rings. The molecule has 1 unspecified atom stereocenters. The number of ether oxygens (including phenoxy) is 2. The average Bonchev–Trinajstić information content (AvgIpc) is 3.33. The van der Waals surface area contributed by atoms with Gasteiger partial charge in [-0.1, -0.05) is 0 Å². The number of nitrogens with one attached hydrogen (secondary N) is 1. The summed E-state index contributed by atoms with van der Waals surface area (Å²) in [5, 5.41) is 10.9. The third-order valence-corrected chi connectivity index (χ3v) is 5.90. The van der Waals surface area contributed by atoms with Gasteiger partial charge in [0.1, 0.15) is 21.3 Å². The van der Waals surface area contributed by atoms with E-state index >= 15 is 0 Å². The van der Waals surface area contributed by atoms with Gasteiger partial charge in [0.2, 0.25) is 0 Å². The van der Waals surface area contributed by atoms with Crippen molar-refractivity contribution >= 4 is 27.5 Å². The first-order valence-electron chi connectivity index (χ1n) is 10.2. The first-order valence-corrected chi connectivity index (χ1v) is 11.1. The van der Waals surface area contributed by atoms with Crippen LogP contribution in [0, 0.1) is 6.92 Å². The number of aryl methyl sites for hydroxylation is 1. The second-order valence-corrected chi connectivity index (χ2v) is 9.57. The smallest absolute Gasteiger partial charge is 0.348 e. The first kappa shape index (κ1) is 24.1. The van der Waals surface area contributed by atoms with Gasteiger partial charge in [-0.25, -0.2) is 9.78 Å². The Hall–Kier alpha value is -2.53. The minimum Gasteiger partial charge on any atom is -0.468 e. The maximum atomic E-state index is 12.7. The summed E-state index contributed by atoms with van der Waals surface area (Å²) in [4.78, 5) is 34.8. The molecule has 3 aromatic rings. The van der Waals surface area contributed by atoms with Gasteiger partial charge < -0.3 is 24.0 Å². The molecule has 0 bridgehead atoms. The van der Waals surface area contributed by atoms with Crippen LogP contribution in [-0.4, -0.2) is 57.9 Å². The van der Waals surface area contributed by atoms with Crippen molar-refractivity contribution < 1.29 is 23.8 Å². The summed E-state index contributed by atoms with van der Waals surface area (Å²) in [5.74, 6) is 0.654. The summed E-state index contributed by atoms with van der Waals surface area (Å²) in [6, 6.07) is 3.64. The summed E-state index contributed by atoms with van der Waals surface area (Å²) in [6.07, 6.45) is 0.844. The van der Waals surface area contributed by atoms with Crippen molar-refractivity contribution in [2.45, 2.75) is 52.5 Å². The van der Waals surface area contributed by atoms with Crippen molar-refractivity contribution in [3.05, 3.63) is 50.8 Å². The number of furan rings is 1. The Kier molecular flexibility index (Phi) is 7.50. The Morgan fingerprint density at radius 2 is 2.12 bits per heavy atom. The van der Waals surface area contributed by atoms with Crippen LogP contribution in [0.25, 0.3) is 10.2 Å². The number of fused-ring (bicyclic) bond motifs is 1. The molecule has 0 aliphatic heterocycles. The topological polar surface area (TPSA) is 118 Å². The number of aliphatic hydroxyl groups excluding tert-OH is 1. The highest BCUT2D eigenvalue weighted by Gasteiger charge is 2.22. The summed E-state index contributed by atoms with van der Waals surface area (Å²) < 4.78 is 15.9. The van der Waals surface area contributed by atoms with E-state index in [9.17, 15) is 14.7 Å². The number of esters is 1. The molecule has 9 nitrogen and oxygen atoms in total. The van der Waals surface area contributed by atoms with E-state index in [4.69, 9.17) is 13.9 Å². The van der Waals surface area contributed by atoms with E-state index in [1.165, 1.54) is 7.11 Å². The van der Waals surface area contributed by atoms with E-state index in [2.05, 4.69) is 9.97 Å². The molecular weight excluding hydrogens is 434 g/mol. The largest absolute Gasteiger partial charge is 0.468 e. The van der Waals surface area contributed by atoms with Crippen LogP contribution in [0.5, 0.6) is 0 Å². The van der Waals surface area contributed by atoms with Gasteiger partial charge in [0.05, 0.1) is 50.2 Å². The van der Waals surface area contributed by atoms with Crippen LogP contribution in [0.1, 0.15) is 47.6 Å². The molecule has 3 heterocycles. The number of nitrogens with zero attached hydrogens (tertiary/aromatic N) is 2. The van der Waals surface area contributed by atoms with E-state index < -0.39 is 12.1 Å². The molecule has 3 rings (SSSR count). The average molecular weight is 464 g/mol. The maximum Gasteiger partial charge on any atom is 0.348 e. The fourth-order valence-corrected chi connectivity index (χ4v) is 4.39. The molecule has 0 aliphatic rings. The summed E-state index contributed by atoms with van der Waals surface area (Å²) in [6.45, 7) is 8.63. The lowest BCUT2D eigenvalue weighted by Crippen LogP contribution is -2.37. The van der Waals surface area contributed by atoms with Crippen LogP contribution in [-0.2, 0) is 22.6 Å². The standard InChI is InChI=1S/C22H29N3O6S/c1-13-17-19(27)23-16(24-20(17)32-18(13)21(28)29-5)11-25(10-15-7-6-8-30-15)9-14(26)12-31-22(2,3)4/h6-8,14,26H,9-12H2,1-5H3,(H,23,24,27). The fourth-order valence-electron chi connectivity index (χ4n) is 3.27. The molecule has 0 saturated heterocycles. The number of aliphatic hydroxyl groups is 1. The Labute approximate surface area is 190 Å². The van der Waals surface area contributed by atoms with E-state index in [-0.39, 0.29) is 30.9 Å². The van der Waals surface area contributed by atoms with Crippen molar-refractivity contribution in [2.75, 3.05) is 20.3 Å². The van der Waals surface area contributed by atoms with Gasteiger partial charge in [0.15, 0.2) is 0 Å². The Morgan fingerprint density at radius 1 is 1.38 bits per heavy atom. The minimum atomic E-state index is -0.741. The maximum absolute atomic E-state index is 12.7. The molecule has 0 aliphatic carbocycles. The van der Waals surface area contributed by atoms with Crippen LogP contribution in [0.15, 0.2) is 27.6 Å². The first-order chi connectivity index (χ1) is 15.1. The predicted molar refractivity (Wildman–Crippen MR) is 121 cm³/mol. The highest BCUT2D eigenvalue weighted by molar-refractivity contribution is 7.20. The SMILES string of the molecule is COC(=O)c1sc2nc(CN(Cc3ccco3)CC(O)COC(C)(C)C)[nH]c(=O)c2c1C. The van der Waals surface area contributed by atoms with Gasteiger partial charge in [-0.05, 0) is 45.4 Å². The summed E-state index contributed by atoms with van der Waals surface area (Å²) in [5.41, 5.74) is -0.123. The number of aromatic nitrogens is 2. The lowest BCUT2D eigenvalue weighted by Gasteiger charge is -2.26. The highest BCUT2D eigenvalue weighted by Crippen LogP contribution is 2.27. The Morgan fingerprint density at radius 3 is 2.75 bits per heavy atom. The highest BCUT2D eigenvalue weighted by atomic mass is 32.1. The number of H-pyrrole nitrogens is 1. The van der Waals surface area contributed by atoms with Crippen molar-refractivity contribution in [2.24, 2.45) is 0 Å². The number of hydrogen-bond acceptors (Lipinski definition) is 9. The van der Waals surface area contributed by atoms with E-state index in [0.29, 0.717) is 33.0 Å². The second-order valence-electron chi connectivity index (χ2n) is 8.57. The third-order valence-electron chi connectivity index (χ3n) is 4.73. The summed E-state index contributed by atoms with van der Waals surface area (Å²) in [7, 11) is 1.30. The summed E-state index contributed by atoms with van der Waals surface area (Å²) >= 11 is 1.13. The molecule has 32 heavy (non-hydrogen) atoms. The number of methoxy groups -OCH3 is 1. The number of hydrogen-bond donors (Lipinski definition) is 2. The van der Waals surface area contributed by atoms with Crippen molar-refractivity contribution in [3.8, 4) is 0 Å². The number of carbonyl (C=O) groups excluding carboxylic acids is 1. The molecule has 0 spiro atoms. The Balaban J connectivity index is 1.84. The van der Waals surface area contributed by atoms with Crippen LogP contribution in [0.3, 0.4) is 0 Å². The van der Waals surface area contributed by atoms with E-state index in [1.807, 2.05) is 31.7 Å². The molecule has 2 N–H and O–H groups in total. The quantitative estimate of drug-likeness (QED) is 0.465. The van der Waals surface area contributed by atoms with Crippen LogP contribution in [0.4, 0.5) is 0 Å². The van der Waals surface area contributed by atoms with Gasteiger partial charge in [0, 0.05) is 6.54 Å². The fraction of sp³-hybridized carbons (Fsp3) is 0.500. The van der Waals surface area contributed by atoms with Crippen LogP contribution >= 0.6 is 11.3 Å². The normalized spacial score (nSPS) is 13.1. The molecule has 0 saturated carbocycles. The zero-order chi connectivity index (χ0) is 23.5. The molecule has 174 valence electrons. The second kappa shape index (κ2) is 9.95. The van der Waals surface area contributed by atoms with E-state index in [1.54, 1.807) is 19.3 Å². The van der Waals surface area contributed by atoms with Gasteiger partial charge in [-0.3, -0.25) is 9.69 Å². The van der Waals surface area contributed by atoms with E-state index in [0.717, 1.165) is 17.1 Å². The zero-order valence-corrected chi connectivity index (χ0v) is 19.7. The van der Waals surface area contributed by atoms with Crippen molar-refractivity contribution in [3.63, 3.8) is 0 Å². The van der Waals surface area contributed by atoms with Crippen molar-refractivity contribution in [1.29, 1.82) is 0 Å². The zero-order valence-electron chi connectivity index (χ0n) is 18.9. The molecule has 0 radical (unpaired) electrons. The van der Waals surface area contributed by atoms with Gasteiger partial charge in [0.25, 0.3) is 5.56 Å². The molecule has 3 aromatic heterocycles. The Bertz CT molecular complexity index is 1110. The predicted octanol–water partition coefficient (Wildman–Crippen LogP) is 2.85. The third kappa shape index (κ3) is 6.04. The minimum absolute atomic E-state index is 0.174. The lowest BCUT2D eigenvalue weighted by atomic mass is 10.2. The van der Waals surface area contributed by atoms with Crippen LogP contribution in [0.2, 0.25) is 0 Å². The number of aromatic amines is 1. The number of thiophene rings is 1. The number of carbonyl (C=O) groups is 1. The van der Waals surface area contributed by atoms with Gasteiger partial charge >= 0.3 is 5.97 Å². The molecular formula is C22H29N3O6S. The van der Waals surface area contributed by atoms with Gasteiger partial charge in [-0.15, -0.1) is 11.3 Å². The molecule has 0 aromatic carbocycles. The van der Waals surface area contributed by atoms with Gasteiger partial charge in [-0.2, -0.15) is 0 Å². The van der Waals surface area contributed by atoms with Crippen molar-refractivity contribution in [1.82, 2.24) is 14.9 Å². The monoisotopic (exact) mass is 463 g/mol. The molecule has 1 atom stereocenters. The number of rotatable bonds is 9. The molecule has 0 amide bonds. The lowest BCUT2D eigenvalue weighted by molar-refractivity contribution is -0.0577. The van der Waals surface area contributed by atoms with Crippen LogP contribution < -0.4 is 5.56 Å².